The van der Waals surface area contributed by atoms with Gasteiger partial charge in [0.25, 0.3) is 0 Å². The normalized spacial score (nSPS) is 17.5. The molecule has 1 aromatic heterocycles. The van der Waals surface area contributed by atoms with Crippen LogP contribution in [0.1, 0.15) is 41.8 Å². The van der Waals surface area contributed by atoms with E-state index in [1.807, 2.05) is 43.0 Å². The van der Waals surface area contributed by atoms with Gasteiger partial charge in [-0.25, -0.2) is 0 Å². The Bertz CT molecular complexity index is 706. The third-order valence-corrected chi connectivity index (χ3v) is 5.25. The summed E-state index contributed by atoms with van der Waals surface area (Å²) in [7, 11) is 0. The first kappa shape index (κ1) is 17.0. The maximum absolute atomic E-state index is 12.7. The van der Waals surface area contributed by atoms with E-state index in [4.69, 9.17) is 16.1 Å². The lowest BCUT2D eigenvalue weighted by Gasteiger charge is -2.25. The molecule has 5 heteroatoms. The van der Waals surface area contributed by atoms with Crippen molar-refractivity contribution in [1.82, 2.24) is 10.1 Å². The molecule has 1 saturated heterocycles. The lowest BCUT2D eigenvalue weighted by Crippen LogP contribution is -2.37. The smallest absolute Gasteiger partial charge is 0.223 e. The van der Waals surface area contributed by atoms with Crippen LogP contribution in [-0.4, -0.2) is 28.6 Å². The van der Waals surface area contributed by atoms with Crippen LogP contribution in [0.4, 0.5) is 0 Å². The maximum Gasteiger partial charge on any atom is 0.223 e. The molecule has 2 heterocycles. The van der Waals surface area contributed by atoms with Crippen molar-refractivity contribution in [2.24, 2.45) is 0 Å². The molecule has 1 aliphatic rings. The Morgan fingerprint density at radius 2 is 2.17 bits per heavy atom. The highest BCUT2D eigenvalue weighted by Crippen LogP contribution is 2.26. The van der Waals surface area contributed by atoms with E-state index >= 15 is 0 Å². The Hall–Kier alpha value is -1.81. The SMILES string of the molecule is Cc1noc(C)c1CCC(=O)N1CCC[C@H]1Cc1ccccc1Cl. The van der Waals surface area contributed by atoms with Crippen LogP contribution in [0.15, 0.2) is 28.8 Å². The lowest BCUT2D eigenvalue weighted by molar-refractivity contribution is -0.131. The molecule has 1 aliphatic heterocycles. The summed E-state index contributed by atoms with van der Waals surface area (Å²) in [6, 6.07) is 8.15. The summed E-state index contributed by atoms with van der Waals surface area (Å²) in [6.07, 6.45) is 4.13. The van der Waals surface area contributed by atoms with E-state index in [1.165, 1.54) is 0 Å². The summed E-state index contributed by atoms with van der Waals surface area (Å²) in [5.74, 6) is 1.03. The first-order chi connectivity index (χ1) is 11.6. The van der Waals surface area contributed by atoms with Gasteiger partial charge in [-0.15, -0.1) is 0 Å². The number of nitrogens with zero attached hydrogens (tertiary/aromatic N) is 2. The fourth-order valence-electron chi connectivity index (χ4n) is 3.53. The monoisotopic (exact) mass is 346 g/mol. The van der Waals surface area contributed by atoms with Crippen LogP contribution in [0, 0.1) is 13.8 Å². The number of hydrogen-bond acceptors (Lipinski definition) is 3. The molecular formula is C19H23ClN2O2. The van der Waals surface area contributed by atoms with Gasteiger partial charge in [0.15, 0.2) is 0 Å². The molecule has 2 aromatic rings. The molecule has 24 heavy (non-hydrogen) atoms. The highest BCUT2D eigenvalue weighted by molar-refractivity contribution is 6.31. The Morgan fingerprint density at radius 3 is 2.88 bits per heavy atom. The van der Waals surface area contributed by atoms with Crippen molar-refractivity contribution in [1.29, 1.82) is 0 Å². The van der Waals surface area contributed by atoms with Gasteiger partial charge < -0.3 is 9.42 Å². The molecule has 0 aliphatic carbocycles. The van der Waals surface area contributed by atoms with Gasteiger partial charge in [-0.2, -0.15) is 0 Å². The zero-order chi connectivity index (χ0) is 17.1. The minimum atomic E-state index is 0.213. The standard InChI is InChI=1S/C19H23ClN2O2/c1-13-17(14(2)24-21-13)9-10-19(23)22-11-5-7-16(22)12-15-6-3-4-8-18(15)20/h3-4,6,8,16H,5,7,9-12H2,1-2H3/t16-/m0/s1. The van der Waals surface area contributed by atoms with Gasteiger partial charge in [0, 0.05) is 29.6 Å². The molecule has 3 rings (SSSR count). The highest BCUT2D eigenvalue weighted by Gasteiger charge is 2.29. The fourth-order valence-corrected chi connectivity index (χ4v) is 3.74. The van der Waals surface area contributed by atoms with E-state index in [-0.39, 0.29) is 11.9 Å². The number of halogens is 1. The van der Waals surface area contributed by atoms with Crippen molar-refractivity contribution in [3.8, 4) is 0 Å². The van der Waals surface area contributed by atoms with E-state index in [0.29, 0.717) is 12.8 Å². The van der Waals surface area contributed by atoms with Crippen LogP contribution in [0.25, 0.3) is 0 Å². The van der Waals surface area contributed by atoms with Crippen LogP contribution in [0.2, 0.25) is 5.02 Å². The molecular weight excluding hydrogens is 324 g/mol. The molecule has 4 nitrogen and oxygen atoms in total. The Labute approximate surface area is 147 Å². The number of hydrogen-bond donors (Lipinski definition) is 0. The van der Waals surface area contributed by atoms with E-state index in [0.717, 1.165) is 53.4 Å². The molecule has 1 atom stereocenters. The van der Waals surface area contributed by atoms with Crippen LogP contribution < -0.4 is 0 Å². The molecule has 0 bridgehead atoms. The van der Waals surface area contributed by atoms with Gasteiger partial charge in [-0.1, -0.05) is 35.0 Å². The average molecular weight is 347 g/mol. The largest absolute Gasteiger partial charge is 0.361 e. The maximum atomic E-state index is 12.7. The van der Waals surface area contributed by atoms with Crippen molar-refractivity contribution < 1.29 is 9.32 Å². The topological polar surface area (TPSA) is 46.3 Å². The molecule has 0 saturated carbocycles. The summed E-state index contributed by atoms with van der Waals surface area (Å²) >= 11 is 6.27. The van der Waals surface area contributed by atoms with Gasteiger partial charge in [0.2, 0.25) is 5.91 Å². The fraction of sp³-hybridized carbons (Fsp3) is 0.474. The second kappa shape index (κ2) is 7.39. The summed E-state index contributed by atoms with van der Waals surface area (Å²) in [4.78, 5) is 14.7. The van der Waals surface area contributed by atoms with Gasteiger partial charge >= 0.3 is 0 Å². The van der Waals surface area contributed by atoms with Crippen molar-refractivity contribution >= 4 is 17.5 Å². The van der Waals surface area contributed by atoms with E-state index in [9.17, 15) is 4.79 Å². The van der Waals surface area contributed by atoms with Crippen LogP contribution in [0.5, 0.6) is 0 Å². The van der Waals surface area contributed by atoms with E-state index < -0.39 is 0 Å². The molecule has 1 amide bonds. The van der Waals surface area contributed by atoms with E-state index in [2.05, 4.69) is 5.16 Å². The first-order valence-electron chi connectivity index (χ1n) is 8.51. The van der Waals surface area contributed by atoms with Gasteiger partial charge in [0.1, 0.15) is 5.76 Å². The molecule has 1 fully saturated rings. The predicted octanol–water partition coefficient (Wildman–Crippen LogP) is 4.11. The zero-order valence-electron chi connectivity index (χ0n) is 14.2. The summed E-state index contributed by atoms with van der Waals surface area (Å²) in [5.41, 5.74) is 3.06. The first-order valence-corrected chi connectivity index (χ1v) is 8.88. The number of likely N-dealkylation sites (tertiary alicyclic amines) is 1. The third-order valence-electron chi connectivity index (χ3n) is 4.88. The molecule has 1 aromatic carbocycles. The molecule has 0 spiro atoms. The summed E-state index contributed by atoms with van der Waals surface area (Å²) < 4.78 is 5.18. The number of aromatic nitrogens is 1. The van der Waals surface area contributed by atoms with Crippen molar-refractivity contribution in [3.05, 3.63) is 51.9 Å². The second-order valence-electron chi connectivity index (χ2n) is 6.48. The number of carbonyl (C=O) groups is 1. The molecule has 0 N–H and O–H groups in total. The Kier molecular flexibility index (Phi) is 5.24. The van der Waals surface area contributed by atoms with E-state index in [1.54, 1.807) is 0 Å². The Balaban J connectivity index is 1.62. The van der Waals surface area contributed by atoms with Crippen molar-refractivity contribution in [2.75, 3.05) is 6.54 Å². The van der Waals surface area contributed by atoms with Crippen molar-refractivity contribution in [2.45, 2.75) is 52.0 Å². The number of amides is 1. The van der Waals surface area contributed by atoms with Gasteiger partial charge in [-0.3, -0.25) is 4.79 Å². The number of carbonyl (C=O) groups excluding carboxylic acids is 1. The minimum absolute atomic E-state index is 0.213. The van der Waals surface area contributed by atoms with Crippen molar-refractivity contribution in [3.63, 3.8) is 0 Å². The van der Waals surface area contributed by atoms with Crippen LogP contribution in [-0.2, 0) is 17.6 Å². The summed E-state index contributed by atoms with van der Waals surface area (Å²) in [6.45, 7) is 4.66. The summed E-state index contributed by atoms with van der Waals surface area (Å²) in [5, 5.41) is 4.74. The zero-order valence-corrected chi connectivity index (χ0v) is 15.0. The molecule has 0 radical (unpaired) electrons. The highest BCUT2D eigenvalue weighted by atomic mass is 35.5. The van der Waals surface area contributed by atoms with Crippen LogP contribution >= 0.6 is 11.6 Å². The lowest BCUT2D eigenvalue weighted by atomic mass is 10.0. The van der Waals surface area contributed by atoms with Gasteiger partial charge in [-0.05, 0) is 51.2 Å². The average Bonchev–Trinajstić information content (AvgIpc) is 3.15. The number of rotatable bonds is 5. The number of aryl methyl sites for hydroxylation is 2. The third kappa shape index (κ3) is 3.64. The molecule has 0 unspecified atom stereocenters. The Morgan fingerprint density at radius 1 is 1.38 bits per heavy atom. The second-order valence-corrected chi connectivity index (χ2v) is 6.89. The number of benzene rings is 1. The predicted molar refractivity (Wildman–Crippen MR) is 94.2 cm³/mol. The molecule has 128 valence electrons. The minimum Gasteiger partial charge on any atom is -0.361 e. The van der Waals surface area contributed by atoms with Crippen LogP contribution in [0.3, 0.4) is 0 Å². The quantitative estimate of drug-likeness (QED) is 0.818. The van der Waals surface area contributed by atoms with Gasteiger partial charge in [0.05, 0.1) is 5.69 Å².